The van der Waals surface area contributed by atoms with E-state index in [4.69, 9.17) is 23.7 Å². The fourth-order valence-electron chi connectivity index (χ4n) is 9.13. The van der Waals surface area contributed by atoms with E-state index in [1.807, 2.05) is 131 Å². The first-order valence-corrected chi connectivity index (χ1v) is 34.1. The molecule has 548 valence electrons. The Morgan fingerprint density at radius 3 is 0.980 bits per heavy atom. The largest absolute Gasteiger partial charge is 0.492 e. The van der Waals surface area contributed by atoms with Crippen LogP contribution in [0.5, 0.6) is 28.7 Å². The summed E-state index contributed by atoms with van der Waals surface area (Å²) in [4.78, 5) is 90.0. The van der Waals surface area contributed by atoms with Crippen LogP contribution in [0.15, 0.2) is 97.1 Å². The first-order chi connectivity index (χ1) is 47.4. The van der Waals surface area contributed by atoms with Crippen LogP contribution < -0.4 is 60.9 Å². The molecule has 100 heavy (non-hydrogen) atoms. The highest BCUT2D eigenvalue weighted by Gasteiger charge is 2.18. The summed E-state index contributed by atoms with van der Waals surface area (Å²) >= 11 is 0. The number of carbonyl (C=O) groups excluding carboxylic acids is 8. The van der Waals surface area contributed by atoms with E-state index in [9.17, 15) is 38.4 Å². The average Bonchev–Trinajstić information content (AvgIpc) is 0.823. The number of carbonyl (C=O) groups is 8. The summed E-state index contributed by atoms with van der Waals surface area (Å²) in [5.41, 5.74) is 15.0. The number of nitrogens with one attached hydrogen (secondary N) is 7. The molecule has 0 saturated carbocycles. The molecule has 0 atom stereocenters. The second-order valence-corrected chi connectivity index (χ2v) is 24.2. The Balaban J connectivity index is 0.000000610. The van der Waals surface area contributed by atoms with E-state index < -0.39 is 0 Å². The van der Waals surface area contributed by atoms with Gasteiger partial charge in [0.2, 0.25) is 17.6 Å². The molecule has 0 saturated heterocycles. The SMILES string of the molecule is CC(=O)CCC(=O)Nc1cc(C)cc(C)c1.CC(=O)c1cc(C)c(C)c(C)c1.CC(=O)c1cc(C)cc(C)c1.CCc1cc(CC)cc(NC(=O)CCC(C)=O)c1.CNCCOc1cc(C(C)=O)cc(OCCNC)c1OCCNC.CNCCOc1cc(OCCNC)cc(C(C)=O)c1. The molecule has 0 fully saturated rings. The number of hydrogen-bond acceptors (Lipinski definition) is 18. The zero-order chi connectivity index (χ0) is 75.3. The lowest BCUT2D eigenvalue weighted by Gasteiger charge is -2.18. The molecule has 0 aliphatic carbocycles. The third-order valence-corrected chi connectivity index (χ3v) is 14.8. The first-order valence-electron chi connectivity index (χ1n) is 34.1. The lowest BCUT2D eigenvalue weighted by atomic mass is 9.99. The van der Waals surface area contributed by atoms with Crippen LogP contribution in [-0.2, 0) is 32.0 Å². The highest BCUT2D eigenvalue weighted by Crippen LogP contribution is 2.39. The average molecular weight is 1380 g/mol. The van der Waals surface area contributed by atoms with E-state index in [1.54, 1.807) is 44.2 Å². The Hall–Kier alpha value is -8.92. The number of aryl methyl sites for hydroxylation is 8. The molecule has 0 aliphatic heterocycles. The number of hydrogen-bond donors (Lipinski definition) is 7. The molecule has 6 aromatic carbocycles. The lowest BCUT2D eigenvalue weighted by molar-refractivity contribution is -0.121. The quantitative estimate of drug-likeness (QED) is 0.0146. The fourth-order valence-corrected chi connectivity index (χ4v) is 9.13. The second-order valence-electron chi connectivity index (χ2n) is 24.2. The van der Waals surface area contributed by atoms with Gasteiger partial charge in [-0.15, -0.1) is 0 Å². The van der Waals surface area contributed by atoms with E-state index in [0.29, 0.717) is 105 Å². The van der Waals surface area contributed by atoms with Crippen LogP contribution in [-0.4, -0.2) is 148 Å². The number of anilines is 2. The highest BCUT2D eigenvalue weighted by atomic mass is 16.5. The zero-order valence-electron chi connectivity index (χ0n) is 63.4. The van der Waals surface area contributed by atoms with E-state index >= 15 is 0 Å². The Kier molecular flexibility index (Phi) is 44.9. The van der Waals surface area contributed by atoms with Crippen molar-refractivity contribution in [3.63, 3.8) is 0 Å². The normalized spacial score (nSPS) is 10.2. The molecule has 0 heterocycles. The van der Waals surface area contributed by atoms with Gasteiger partial charge in [-0.3, -0.25) is 28.8 Å². The summed E-state index contributed by atoms with van der Waals surface area (Å²) < 4.78 is 28.6. The van der Waals surface area contributed by atoms with Gasteiger partial charge in [0.25, 0.3) is 0 Å². The van der Waals surface area contributed by atoms with Gasteiger partial charge in [-0.25, -0.2) is 0 Å². The third-order valence-electron chi connectivity index (χ3n) is 14.8. The van der Waals surface area contributed by atoms with Gasteiger partial charge in [0.15, 0.2) is 34.6 Å². The minimum Gasteiger partial charge on any atom is -0.492 e. The van der Waals surface area contributed by atoms with Crippen molar-refractivity contribution in [1.29, 1.82) is 0 Å². The van der Waals surface area contributed by atoms with Crippen LogP contribution in [0.1, 0.15) is 173 Å². The van der Waals surface area contributed by atoms with Crippen LogP contribution >= 0.6 is 0 Å². The number of Topliss-reactive ketones (excluding diaryl/α,β-unsaturated/α-hetero) is 6. The molecule has 2 amide bonds. The van der Waals surface area contributed by atoms with Crippen LogP contribution in [0.25, 0.3) is 0 Å². The molecule has 0 unspecified atom stereocenters. The number of rotatable bonds is 34. The highest BCUT2D eigenvalue weighted by molar-refractivity contribution is 5.97. The van der Waals surface area contributed by atoms with Crippen molar-refractivity contribution >= 4 is 57.9 Å². The Morgan fingerprint density at radius 2 is 0.640 bits per heavy atom. The summed E-state index contributed by atoms with van der Waals surface area (Å²) in [6, 6.07) is 30.5. The van der Waals surface area contributed by atoms with Crippen LogP contribution in [0.2, 0.25) is 0 Å². The Morgan fingerprint density at radius 1 is 0.330 bits per heavy atom. The van der Waals surface area contributed by atoms with Gasteiger partial charge in [0.05, 0.1) is 0 Å². The molecule has 20 heteroatoms. The monoisotopic (exact) mass is 1380 g/mol. The minimum absolute atomic E-state index is 0.00228. The summed E-state index contributed by atoms with van der Waals surface area (Å²) in [7, 11) is 9.29. The van der Waals surface area contributed by atoms with Gasteiger partial charge >= 0.3 is 0 Å². The van der Waals surface area contributed by atoms with Crippen molar-refractivity contribution in [1.82, 2.24) is 26.6 Å². The van der Waals surface area contributed by atoms with Gasteiger partial charge in [0, 0.05) is 98.1 Å². The fraction of sp³-hybridized carbons (Fsp3) is 0.450. The maximum atomic E-state index is 11.8. The number of ketones is 6. The maximum absolute atomic E-state index is 11.8. The van der Waals surface area contributed by atoms with Crippen molar-refractivity contribution in [3.05, 3.63) is 169 Å². The van der Waals surface area contributed by atoms with Crippen molar-refractivity contribution in [2.24, 2.45) is 0 Å². The summed E-state index contributed by atoms with van der Waals surface area (Å²) in [6.07, 6.45) is 3.01. The number of likely N-dealkylation sites (N-methyl/N-ethyl adjacent to an activating group) is 5. The topological polar surface area (TPSA) is 267 Å². The van der Waals surface area contributed by atoms with Gasteiger partial charge < -0.3 is 70.5 Å². The smallest absolute Gasteiger partial charge is 0.224 e. The third kappa shape index (κ3) is 38.4. The molecule has 0 aliphatic rings. The number of amides is 2. The van der Waals surface area contributed by atoms with E-state index in [-0.39, 0.29) is 59.4 Å². The van der Waals surface area contributed by atoms with Crippen LogP contribution in [0, 0.1) is 48.5 Å². The van der Waals surface area contributed by atoms with Crippen LogP contribution in [0.4, 0.5) is 11.4 Å². The van der Waals surface area contributed by atoms with Gasteiger partial charge in [-0.05, 0) is 250 Å². The first kappa shape index (κ1) is 89.1. The lowest BCUT2D eigenvalue weighted by Crippen LogP contribution is -2.20. The van der Waals surface area contributed by atoms with Crippen LogP contribution in [0.3, 0.4) is 0 Å². The number of benzene rings is 6. The molecule has 0 aromatic heterocycles. The molecule has 7 N–H and O–H groups in total. The molecule has 0 bridgehead atoms. The Labute approximate surface area is 596 Å². The van der Waals surface area contributed by atoms with E-state index in [0.717, 1.165) is 70.7 Å². The van der Waals surface area contributed by atoms with Gasteiger partial charge in [0.1, 0.15) is 56.1 Å². The van der Waals surface area contributed by atoms with Crippen molar-refractivity contribution in [2.45, 2.75) is 142 Å². The van der Waals surface area contributed by atoms with E-state index in [1.165, 1.54) is 55.5 Å². The van der Waals surface area contributed by atoms with Gasteiger partial charge in [-0.1, -0.05) is 43.2 Å². The maximum Gasteiger partial charge on any atom is 0.224 e. The van der Waals surface area contributed by atoms with Crippen molar-refractivity contribution < 1.29 is 62.0 Å². The number of ether oxygens (including phenoxy) is 5. The zero-order valence-corrected chi connectivity index (χ0v) is 63.4. The molecule has 0 radical (unpaired) electrons. The molecule has 20 nitrogen and oxygen atoms in total. The second kappa shape index (κ2) is 50.4. The summed E-state index contributed by atoms with van der Waals surface area (Å²) in [6.45, 7) is 33.6. The van der Waals surface area contributed by atoms with Crippen molar-refractivity contribution in [2.75, 3.05) is 112 Å². The molecule has 6 aromatic rings. The van der Waals surface area contributed by atoms with Gasteiger partial charge in [-0.2, -0.15) is 0 Å². The predicted molar refractivity (Wildman–Crippen MR) is 405 cm³/mol. The molecule has 0 spiro atoms. The summed E-state index contributed by atoms with van der Waals surface area (Å²) in [5, 5.41) is 20.7. The van der Waals surface area contributed by atoms with E-state index in [2.05, 4.69) is 70.1 Å². The standard InChI is InChI=1S/C17H29N3O4.C15H21NO2.C14H22N2O3.C13H17NO2.C11H14O.C10H12O/c1-13(21)14-11-15(22-8-5-18-2)17(24-10-7-20-4)16(12-14)23-9-6-19-3;1-4-12-8-13(5-2)10-14(9-12)16-15(18)7-6-11(3)17;1-11(17)12-8-13(18-6-4-15-2)10-14(9-12)19-7-5-16-3;1-9-6-10(2)8-12(7-9)14-13(16)5-4-11(3)15;1-7-5-11(10(4)12)6-8(2)9(7)3;1-7-4-8(2)6-10(5-7)9(3)11/h11-12,18-20H,5-10H2,1-4H3;8-10H,4-7H2,1-3H3,(H,16,18);8-10,15-16H,4-7H2,1-3H3;6-8H,4-5H2,1-3H3,(H,14,16);5-6H,1-4H3;4-6H,1-3H3. The molecular weight excluding hydrogens is 1270 g/mol. The summed E-state index contributed by atoms with van der Waals surface area (Å²) in [5.74, 6) is 2.98. The molecule has 6 rings (SSSR count). The Bertz CT molecular complexity index is 3420. The molecular formula is C80H115N7O13. The minimum atomic E-state index is -0.111. The van der Waals surface area contributed by atoms with Crippen molar-refractivity contribution in [3.8, 4) is 28.7 Å². The predicted octanol–water partition coefficient (Wildman–Crippen LogP) is 12.8.